The standard InChI is InChI=1S/C8H7FINO2/c1-13-6(12)4-5-2-3-11-8(9)7(5)10/h2-3H,4H2,1H3. The van der Waals surface area contributed by atoms with Crippen LogP contribution in [0.25, 0.3) is 0 Å². The minimum atomic E-state index is -0.554. The van der Waals surface area contributed by atoms with Crippen molar-refractivity contribution >= 4 is 28.6 Å². The molecule has 0 saturated carbocycles. The molecule has 1 aromatic rings. The Morgan fingerprint density at radius 3 is 3.08 bits per heavy atom. The van der Waals surface area contributed by atoms with E-state index in [4.69, 9.17) is 0 Å². The number of carbonyl (C=O) groups is 1. The van der Waals surface area contributed by atoms with Crippen molar-refractivity contribution in [3.63, 3.8) is 0 Å². The lowest BCUT2D eigenvalue weighted by Crippen LogP contribution is -2.07. The molecular weight excluding hydrogens is 288 g/mol. The van der Waals surface area contributed by atoms with Crippen LogP contribution < -0.4 is 0 Å². The summed E-state index contributed by atoms with van der Waals surface area (Å²) in [5.41, 5.74) is 0.597. The maximum Gasteiger partial charge on any atom is 0.310 e. The third-order valence-electron chi connectivity index (χ3n) is 1.49. The second kappa shape index (κ2) is 4.50. The van der Waals surface area contributed by atoms with E-state index in [-0.39, 0.29) is 12.4 Å². The second-order valence-electron chi connectivity index (χ2n) is 2.33. The zero-order valence-electron chi connectivity index (χ0n) is 6.88. The maximum atomic E-state index is 12.9. The summed E-state index contributed by atoms with van der Waals surface area (Å²) in [6.07, 6.45) is 1.41. The van der Waals surface area contributed by atoms with Crippen molar-refractivity contribution in [2.45, 2.75) is 6.42 Å². The highest BCUT2D eigenvalue weighted by atomic mass is 127. The summed E-state index contributed by atoms with van der Waals surface area (Å²) in [5, 5.41) is 0. The largest absolute Gasteiger partial charge is 0.469 e. The van der Waals surface area contributed by atoms with Crippen LogP contribution in [0.2, 0.25) is 0 Å². The lowest BCUT2D eigenvalue weighted by atomic mass is 10.2. The van der Waals surface area contributed by atoms with Crippen LogP contribution >= 0.6 is 22.6 Å². The fourth-order valence-electron chi connectivity index (χ4n) is 0.819. The van der Waals surface area contributed by atoms with Crippen LogP contribution in [0.5, 0.6) is 0 Å². The van der Waals surface area contributed by atoms with Crippen LogP contribution in [-0.2, 0) is 16.0 Å². The first-order valence-corrected chi connectivity index (χ1v) is 4.58. The van der Waals surface area contributed by atoms with Crippen molar-refractivity contribution in [2.75, 3.05) is 7.11 Å². The van der Waals surface area contributed by atoms with Crippen LogP contribution in [0.15, 0.2) is 12.3 Å². The quantitative estimate of drug-likeness (QED) is 0.472. The average molecular weight is 295 g/mol. The predicted octanol–water partition coefficient (Wildman–Crippen LogP) is 1.54. The summed E-state index contributed by atoms with van der Waals surface area (Å²) >= 11 is 1.81. The van der Waals surface area contributed by atoms with Gasteiger partial charge in [-0.3, -0.25) is 4.79 Å². The van der Waals surface area contributed by atoms with Gasteiger partial charge in [0.15, 0.2) is 0 Å². The molecule has 0 atom stereocenters. The Bertz CT molecular complexity index is 330. The van der Waals surface area contributed by atoms with Gasteiger partial charge in [-0.2, -0.15) is 4.39 Å². The number of aromatic nitrogens is 1. The Labute approximate surface area is 88.4 Å². The Hall–Kier alpha value is -0.720. The van der Waals surface area contributed by atoms with Gasteiger partial charge in [0.05, 0.1) is 17.1 Å². The molecule has 1 rings (SSSR count). The van der Waals surface area contributed by atoms with E-state index in [0.717, 1.165) is 0 Å². The molecule has 0 radical (unpaired) electrons. The minimum absolute atomic E-state index is 0.0776. The van der Waals surface area contributed by atoms with Crippen LogP contribution in [0.4, 0.5) is 4.39 Å². The van der Waals surface area contributed by atoms with E-state index in [1.165, 1.54) is 13.3 Å². The number of hydrogen-bond donors (Lipinski definition) is 0. The first-order chi connectivity index (χ1) is 6.15. The number of esters is 1. The molecule has 1 heterocycles. The van der Waals surface area contributed by atoms with E-state index in [9.17, 15) is 9.18 Å². The zero-order valence-corrected chi connectivity index (χ0v) is 9.04. The number of nitrogens with zero attached hydrogens (tertiary/aromatic N) is 1. The molecule has 5 heteroatoms. The lowest BCUT2D eigenvalue weighted by molar-refractivity contribution is -0.139. The van der Waals surface area contributed by atoms with Crippen LogP contribution in [-0.4, -0.2) is 18.1 Å². The first kappa shape index (κ1) is 10.4. The number of carbonyl (C=O) groups excluding carboxylic acids is 1. The molecule has 0 bridgehead atoms. The number of halogens is 2. The van der Waals surface area contributed by atoms with Gasteiger partial charge in [-0.15, -0.1) is 0 Å². The summed E-state index contributed by atoms with van der Waals surface area (Å²) in [6.45, 7) is 0. The van der Waals surface area contributed by atoms with Crippen molar-refractivity contribution in [2.24, 2.45) is 0 Å². The van der Waals surface area contributed by atoms with E-state index in [1.54, 1.807) is 6.07 Å². The molecule has 0 aliphatic heterocycles. The molecule has 0 spiro atoms. The molecule has 0 aliphatic rings. The predicted molar refractivity (Wildman–Crippen MR) is 52.6 cm³/mol. The highest BCUT2D eigenvalue weighted by molar-refractivity contribution is 14.1. The smallest absolute Gasteiger partial charge is 0.310 e. The minimum Gasteiger partial charge on any atom is -0.469 e. The summed E-state index contributed by atoms with van der Waals surface area (Å²) in [7, 11) is 1.30. The van der Waals surface area contributed by atoms with Crippen LogP contribution in [0, 0.1) is 9.52 Å². The van der Waals surface area contributed by atoms with Crippen molar-refractivity contribution < 1.29 is 13.9 Å². The molecular formula is C8H7FINO2. The Morgan fingerprint density at radius 1 is 1.77 bits per heavy atom. The lowest BCUT2D eigenvalue weighted by Gasteiger charge is -2.02. The zero-order chi connectivity index (χ0) is 9.84. The molecule has 0 amide bonds. The third-order valence-corrected chi connectivity index (χ3v) is 2.63. The fourth-order valence-corrected chi connectivity index (χ4v) is 1.33. The summed E-state index contributed by atoms with van der Waals surface area (Å²) < 4.78 is 17.7. The topological polar surface area (TPSA) is 39.2 Å². The van der Waals surface area contributed by atoms with E-state index in [2.05, 4.69) is 9.72 Å². The molecule has 0 fully saturated rings. The molecule has 0 aliphatic carbocycles. The fraction of sp³-hybridized carbons (Fsp3) is 0.250. The molecule has 70 valence electrons. The summed E-state index contributed by atoms with van der Waals surface area (Å²) in [4.78, 5) is 14.3. The summed E-state index contributed by atoms with van der Waals surface area (Å²) in [6, 6.07) is 1.60. The monoisotopic (exact) mass is 295 g/mol. The van der Waals surface area contributed by atoms with Gasteiger partial charge in [0.1, 0.15) is 0 Å². The van der Waals surface area contributed by atoms with E-state index in [1.807, 2.05) is 22.6 Å². The van der Waals surface area contributed by atoms with E-state index in [0.29, 0.717) is 9.13 Å². The van der Waals surface area contributed by atoms with Crippen molar-refractivity contribution in [3.8, 4) is 0 Å². The Balaban J connectivity index is 2.89. The number of pyridine rings is 1. The van der Waals surface area contributed by atoms with Gasteiger partial charge >= 0.3 is 5.97 Å². The van der Waals surface area contributed by atoms with Crippen LogP contribution in [0.1, 0.15) is 5.56 Å². The molecule has 0 aromatic carbocycles. The second-order valence-corrected chi connectivity index (χ2v) is 3.41. The normalized spacial score (nSPS) is 9.77. The Morgan fingerprint density at radius 2 is 2.46 bits per heavy atom. The summed E-state index contributed by atoms with van der Waals surface area (Å²) in [5.74, 6) is -0.939. The average Bonchev–Trinajstić information content (AvgIpc) is 2.13. The number of ether oxygens (including phenoxy) is 1. The van der Waals surface area contributed by atoms with Gasteiger partial charge in [-0.05, 0) is 34.2 Å². The molecule has 0 saturated heterocycles. The first-order valence-electron chi connectivity index (χ1n) is 3.51. The van der Waals surface area contributed by atoms with Gasteiger partial charge in [0, 0.05) is 6.20 Å². The van der Waals surface area contributed by atoms with Gasteiger partial charge < -0.3 is 4.74 Å². The van der Waals surface area contributed by atoms with Gasteiger partial charge in [0.2, 0.25) is 5.95 Å². The number of hydrogen-bond acceptors (Lipinski definition) is 3. The molecule has 0 unspecified atom stereocenters. The van der Waals surface area contributed by atoms with Gasteiger partial charge in [0.25, 0.3) is 0 Å². The molecule has 3 nitrogen and oxygen atoms in total. The number of rotatable bonds is 2. The van der Waals surface area contributed by atoms with Crippen molar-refractivity contribution in [3.05, 3.63) is 27.3 Å². The SMILES string of the molecule is COC(=O)Cc1ccnc(F)c1I. The highest BCUT2D eigenvalue weighted by Gasteiger charge is 2.10. The number of methoxy groups -OCH3 is 1. The maximum absolute atomic E-state index is 12.9. The van der Waals surface area contributed by atoms with E-state index < -0.39 is 5.95 Å². The Kier molecular flexibility index (Phi) is 3.58. The highest BCUT2D eigenvalue weighted by Crippen LogP contribution is 2.14. The van der Waals surface area contributed by atoms with Crippen LogP contribution in [0.3, 0.4) is 0 Å². The molecule has 1 aromatic heterocycles. The van der Waals surface area contributed by atoms with Gasteiger partial charge in [-0.1, -0.05) is 0 Å². The molecule has 13 heavy (non-hydrogen) atoms. The molecule has 0 N–H and O–H groups in total. The third kappa shape index (κ3) is 2.61. The van der Waals surface area contributed by atoms with E-state index >= 15 is 0 Å². The van der Waals surface area contributed by atoms with Gasteiger partial charge in [-0.25, -0.2) is 4.98 Å². The van der Waals surface area contributed by atoms with Crippen molar-refractivity contribution in [1.29, 1.82) is 0 Å². The van der Waals surface area contributed by atoms with Crippen molar-refractivity contribution in [1.82, 2.24) is 4.98 Å².